The number of hydrogen-bond donors (Lipinski definition) is 2. The standard InChI is InChI=1S/C18H24N2O3S/c1-13-6-8-15(9-7-13)23-12-16-20-14(2)17(24-16)18(22)19-10-4-3-5-11-21/h6-9,21H,3-5,10-12H2,1-2H3,(H,19,22). The number of hydrogen-bond acceptors (Lipinski definition) is 5. The number of thiazole rings is 1. The first-order valence-corrected chi connectivity index (χ1v) is 8.96. The van der Waals surface area contributed by atoms with Crippen molar-refractivity contribution in [2.45, 2.75) is 39.7 Å². The molecule has 2 rings (SSSR count). The van der Waals surface area contributed by atoms with Crippen LogP contribution in [0.2, 0.25) is 0 Å². The Balaban J connectivity index is 1.84. The number of nitrogens with one attached hydrogen (secondary N) is 1. The van der Waals surface area contributed by atoms with Gasteiger partial charge >= 0.3 is 0 Å². The minimum absolute atomic E-state index is 0.0874. The first-order valence-electron chi connectivity index (χ1n) is 8.15. The second kappa shape index (κ2) is 9.39. The summed E-state index contributed by atoms with van der Waals surface area (Å²) in [7, 11) is 0. The van der Waals surface area contributed by atoms with Gasteiger partial charge in [-0.3, -0.25) is 4.79 Å². The summed E-state index contributed by atoms with van der Waals surface area (Å²) >= 11 is 1.37. The van der Waals surface area contributed by atoms with E-state index in [-0.39, 0.29) is 12.5 Å². The van der Waals surface area contributed by atoms with Gasteiger partial charge in [0.15, 0.2) is 0 Å². The molecule has 1 heterocycles. The number of amides is 1. The van der Waals surface area contributed by atoms with Gasteiger partial charge in [0, 0.05) is 13.2 Å². The Morgan fingerprint density at radius 3 is 2.67 bits per heavy atom. The van der Waals surface area contributed by atoms with Gasteiger partial charge in [-0.2, -0.15) is 0 Å². The van der Waals surface area contributed by atoms with Crippen molar-refractivity contribution < 1.29 is 14.6 Å². The number of carbonyl (C=O) groups is 1. The molecule has 0 radical (unpaired) electrons. The summed E-state index contributed by atoms with van der Waals surface area (Å²) in [6.07, 6.45) is 2.55. The first kappa shape index (κ1) is 18.4. The fourth-order valence-electron chi connectivity index (χ4n) is 2.20. The molecule has 1 aromatic heterocycles. The van der Waals surface area contributed by atoms with Gasteiger partial charge in [-0.05, 0) is 45.2 Å². The lowest BCUT2D eigenvalue weighted by Gasteiger charge is -2.04. The highest BCUT2D eigenvalue weighted by molar-refractivity contribution is 7.13. The maximum absolute atomic E-state index is 12.2. The van der Waals surface area contributed by atoms with Crippen LogP contribution in [0.5, 0.6) is 5.75 Å². The van der Waals surface area contributed by atoms with Crippen LogP contribution in [0, 0.1) is 13.8 Å². The molecule has 1 aromatic carbocycles. The fourth-order valence-corrected chi connectivity index (χ4v) is 3.09. The number of aryl methyl sites for hydroxylation is 2. The number of rotatable bonds is 9. The average Bonchev–Trinajstić information content (AvgIpc) is 2.95. The Hall–Kier alpha value is -1.92. The van der Waals surface area contributed by atoms with Gasteiger partial charge in [0.25, 0.3) is 5.91 Å². The van der Waals surface area contributed by atoms with E-state index in [1.807, 2.05) is 38.1 Å². The minimum Gasteiger partial charge on any atom is -0.486 e. The van der Waals surface area contributed by atoms with Crippen molar-refractivity contribution in [3.05, 3.63) is 45.4 Å². The monoisotopic (exact) mass is 348 g/mol. The van der Waals surface area contributed by atoms with Gasteiger partial charge in [0.1, 0.15) is 22.2 Å². The molecular weight excluding hydrogens is 324 g/mol. The zero-order valence-corrected chi connectivity index (χ0v) is 15.0. The van der Waals surface area contributed by atoms with Crippen LogP contribution in [-0.2, 0) is 6.61 Å². The van der Waals surface area contributed by atoms with Crippen LogP contribution in [0.4, 0.5) is 0 Å². The number of unbranched alkanes of at least 4 members (excludes halogenated alkanes) is 2. The number of nitrogens with zero attached hydrogens (tertiary/aromatic N) is 1. The lowest BCUT2D eigenvalue weighted by molar-refractivity contribution is 0.0956. The molecule has 0 saturated heterocycles. The third-order valence-electron chi connectivity index (χ3n) is 3.55. The molecule has 0 aliphatic heterocycles. The van der Waals surface area contributed by atoms with Crippen LogP contribution in [0.3, 0.4) is 0 Å². The van der Waals surface area contributed by atoms with E-state index in [0.717, 1.165) is 35.7 Å². The second-order valence-electron chi connectivity index (χ2n) is 5.66. The van der Waals surface area contributed by atoms with E-state index in [9.17, 15) is 4.79 Å². The number of aliphatic hydroxyl groups excluding tert-OH is 1. The van der Waals surface area contributed by atoms with Gasteiger partial charge in [-0.15, -0.1) is 11.3 Å². The SMILES string of the molecule is Cc1ccc(OCc2nc(C)c(C(=O)NCCCCCO)s2)cc1. The maximum atomic E-state index is 12.2. The van der Waals surface area contributed by atoms with E-state index in [2.05, 4.69) is 10.3 Å². The van der Waals surface area contributed by atoms with Crippen LogP contribution in [0.15, 0.2) is 24.3 Å². The molecule has 6 heteroatoms. The molecule has 0 saturated carbocycles. The van der Waals surface area contributed by atoms with Crippen LogP contribution in [-0.4, -0.2) is 29.1 Å². The molecule has 5 nitrogen and oxygen atoms in total. The van der Waals surface area contributed by atoms with Crippen molar-refractivity contribution in [2.75, 3.05) is 13.2 Å². The molecule has 0 spiro atoms. The van der Waals surface area contributed by atoms with Crippen LogP contribution < -0.4 is 10.1 Å². The number of aromatic nitrogens is 1. The van der Waals surface area contributed by atoms with E-state index >= 15 is 0 Å². The number of aliphatic hydroxyl groups is 1. The Morgan fingerprint density at radius 1 is 1.21 bits per heavy atom. The summed E-state index contributed by atoms with van der Waals surface area (Å²) in [6.45, 7) is 5.05. The summed E-state index contributed by atoms with van der Waals surface area (Å²) in [6, 6.07) is 7.85. The summed E-state index contributed by atoms with van der Waals surface area (Å²) in [5, 5.41) is 12.4. The summed E-state index contributed by atoms with van der Waals surface area (Å²) in [5.74, 6) is 0.707. The second-order valence-corrected chi connectivity index (χ2v) is 6.75. The van der Waals surface area contributed by atoms with E-state index in [4.69, 9.17) is 9.84 Å². The van der Waals surface area contributed by atoms with Gasteiger partial charge in [-0.25, -0.2) is 4.98 Å². The van der Waals surface area contributed by atoms with Crippen LogP contribution in [0.1, 0.15) is 45.2 Å². The van der Waals surface area contributed by atoms with Crippen LogP contribution in [0.25, 0.3) is 0 Å². The van der Waals surface area contributed by atoms with Crippen LogP contribution >= 0.6 is 11.3 Å². The molecule has 130 valence electrons. The van der Waals surface area contributed by atoms with Gasteiger partial charge in [-0.1, -0.05) is 17.7 Å². The van der Waals surface area contributed by atoms with Crippen molar-refractivity contribution in [1.29, 1.82) is 0 Å². The molecule has 0 atom stereocenters. The topological polar surface area (TPSA) is 71.5 Å². The van der Waals surface area contributed by atoms with E-state index < -0.39 is 0 Å². The number of ether oxygens (including phenoxy) is 1. The number of benzene rings is 1. The highest BCUT2D eigenvalue weighted by Gasteiger charge is 2.15. The Morgan fingerprint density at radius 2 is 1.96 bits per heavy atom. The van der Waals surface area contributed by atoms with Gasteiger partial charge in [0.2, 0.25) is 0 Å². The molecule has 2 aromatic rings. The Kier molecular flexibility index (Phi) is 7.21. The van der Waals surface area contributed by atoms with Gasteiger partial charge in [0.05, 0.1) is 5.69 Å². The highest BCUT2D eigenvalue weighted by atomic mass is 32.1. The largest absolute Gasteiger partial charge is 0.486 e. The quantitative estimate of drug-likeness (QED) is 0.683. The van der Waals surface area contributed by atoms with E-state index in [1.54, 1.807) is 0 Å². The van der Waals surface area contributed by atoms with Crippen molar-refractivity contribution in [3.63, 3.8) is 0 Å². The Bertz CT molecular complexity index is 653. The predicted molar refractivity (Wildman–Crippen MR) is 95.6 cm³/mol. The molecule has 0 fully saturated rings. The number of carbonyl (C=O) groups excluding carboxylic acids is 1. The summed E-state index contributed by atoms with van der Waals surface area (Å²) < 4.78 is 5.71. The molecule has 24 heavy (non-hydrogen) atoms. The zero-order chi connectivity index (χ0) is 17.4. The normalized spacial score (nSPS) is 10.6. The van der Waals surface area contributed by atoms with Gasteiger partial charge < -0.3 is 15.2 Å². The molecule has 1 amide bonds. The van der Waals surface area contributed by atoms with E-state index in [0.29, 0.717) is 18.0 Å². The lowest BCUT2D eigenvalue weighted by Crippen LogP contribution is -2.24. The Labute approximate surface area is 146 Å². The summed E-state index contributed by atoms with van der Waals surface area (Å²) in [5.41, 5.74) is 1.92. The third kappa shape index (κ3) is 5.62. The minimum atomic E-state index is -0.0874. The molecule has 0 aliphatic carbocycles. The van der Waals surface area contributed by atoms with Crippen molar-refractivity contribution >= 4 is 17.2 Å². The zero-order valence-electron chi connectivity index (χ0n) is 14.2. The molecule has 2 N–H and O–H groups in total. The lowest BCUT2D eigenvalue weighted by atomic mass is 10.2. The van der Waals surface area contributed by atoms with Crippen molar-refractivity contribution in [3.8, 4) is 5.75 Å². The summed E-state index contributed by atoms with van der Waals surface area (Å²) in [4.78, 5) is 17.3. The third-order valence-corrected chi connectivity index (χ3v) is 4.68. The maximum Gasteiger partial charge on any atom is 0.263 e. The van der Waals surface area contributed by atoms with Crippen molar-refractivity contribution in [1.82, 2.24) is 10.3 Å². The highest BCUT2D eigenvalue weighted by Crippen LogP contribution is 2.20. The predicted octanol–water partition coefficient (Wildman–Crippen LogP) is 3.23. The molecule has 0 unspecified atom stereocenters. The molecule has 0 bridgehead atoms. The smallest absolute Gasteiger partial charge is 0.263 e. The molecular formula is C18H24N2O3S. The first-order chi connectivity index (χ1) is 11.6. The van der Waals surface area contributed by atoms with Crippen molar-refractivity contribution in [2.24, 2.45) is 0 Å². The fraction of sp³-hybridized carbons (Fsp3) is 0.444. The van der Waals surface area contributed by atoms with E-state index in [1.165, 1.54) is 16.9 Å². The average molecular weight is 348 g/mol. The molecule has 0 aliphatic rings.